The summed E-state index contributed by atoms with van der Waals surface area (Å²) in [4.78, 5) is 15.7. The third-order valence-electron chi connectivity index (χ3n) is 7.40. The van der Waals surface area contributed by atoms with Gasteiger partial charge in [0.1, 0.15) is 12.5 Å². The SMILES string of the molecule is Cc1nn(-c2ccc(I)cc2)cc1C(=O)Nc1ccc(CN2CCC[C@H]([C@@]3(C)COCO3)C2)c(OC(I)I)c1. The van der Waals surface area contributed by atoms with E-state index in [2.05, 4.69) is 96.1 Å². The highest BCUT2D eigenvalue weighted by Crippen LogP contribution is 2.35. The van der Waals surface area contributed by atoms with E-state index in [4.69, 9.17) is 14.2 Å². The Balaban J connectivity index is 1.30. The summed E-state index contributed by atoms with van der Waals surface area (Å²) in [7, 11) is 0. The molecule has 2 aliphatic rings. The van der Waals surface area contributed by atoms with Crippen LogP contribution < -0.4 is 10.1 Å². The Morgan fingerprint density at radius 1 is 1.26 bits per heavy atom. The van der Waals surface area contributed by atoms with Gasteiger partial charge < -0.3 is 19.5 Å². The summed E-state index contributed by atoms with van der Waals surface area (Å²) in [5, 5.41) is 7.60. The van der Waals surface area contributed by atoms with Crippen LogP contribution in [0.15, 0.2) is 48.7 Å². The second kappa shape index (κ2) is 12.9. The number of piperidine rings is 1. The summed E-state index contributed by atoms with van der Waals surface area (Å²) in [6, 6.07) is 13.9. The number of anilines is 1. The first kappa shape index (κ1) is 29.5. The van der Waals surface area contributed by atoms with Crippen molar-refractivity contribution in [2.45, 2.75) is 41.0 Å². The van der Waals surface area contributed by atoms with E-state index >= 15 is 0 Å². The van der Waals surface area contributed by atoms with Crippen LogP contribution in [0.4, 0.5) is 5.69 Å². The number of hydrogen-bond donors (Lipinski definition) is 1. The Morgan fingerprint density at radius 3 is 2.77 bits per heavy atom. The molecule has 208 valence electrons. The summed E-state index contributed by atoms with van der Waals surface area (Å²) in [5.74, 6) is 1.01. The number of carbonyl (C=O) groups is 1. The number of benzene rings is 2. The number of amides is 1. The van der Waals surface area contributed by atoms with E-state index in [0.29, 0.717) is 36.3 Å². The smallest absolute Gasteiger partial charge is 0.259 e. The number of likely N-dealkylation sites (tertiary alicyclic amines) is 1. The van der Waals surface area contributed by atoms with Crippen molar-refractivity contribution in [2.75, 3.05) is 31.8 Å². The number of nitrogens with one attached hydrogen (secondary N) is 1. The fraction of sp³-hybridized carbons (Fsp3) is 0.429. The fourth-order valence-corrected chi connectivity index (χ4v) is 6.12. The summed E-state index contributed by atoms with van der Waals surface area (Å²) >= 11 is 6.76. The van der Waals surface area contributed by atoms with E-state index in [1.807, 2.05) is 43.3 Å². The molecule has 2 aliphatic heterocycles. The largest absolute Gasteiger partial charge is 0.470 e. The maximum atomic E-state index is 13.2. The molecular formula is C28H31I3N4O4. The van der Waals surface area contributed by atoms with E-state index in [9.17, 15) is 4.79 Å². The summed E-state index contributed by atoms with van der Waals surface area (Å²) in [6.45, 7) is 7.83. The minimum absolute atomic E-state index is 0.0450. The highest BCUT2D eigenvalue weighted by Gasteiger charge is 2.41. The number of carbonyl (C=O) groups excluding carboxylic acids is 1. The lowest BCUT2D eigenvalue weighted by Crippen LogP contribution is -2.47. The second-order valence-electron chi connectivity index (χ2n) is 10.2. The average molecular weight is 868 g/mol. The van der Waals surface area contributed by atoms with Crippen molar-refractivity contribution in [3.05, 3.63) is 69.1 Å². The van der Waals surface area contributed by atoms with Gasteiger partial charge >= 0.3 is 0 Å². The van der Waals surface area contributed by atoms with Crippen LogP contribution in [0.3, 0.4) is 0 Å². The van der Waals surface area contributed by atoms with Crippen LogP contribution in [0.25, 0.3) is 5.69 Å². The number of aryl methyl sites for hydroxylation is 1. The van der Waals surface area contributed by atoms with Gasteiger partial charge in [-0.2, -0.15) is 5.10 Å². The molecule has 2 aromatic carbocycles. The standard InChI is InChI=1S/C28H31I3N4O4/c1-18-24(15-35(33-18)23-9-6-21(29)7-10-23)26(36)32-22-8-5-19(25(12-22)39-27(30)31)13-34-11-3-4-20(14-34)28(2)16-37-17-38-28/h5-10,12,15,20,27H,3-4,11,13-14,16-17H2,1-2H3,(H,32,36)/t20-,28+/m0/s1. The van der Waals surface area contributed by atoms with Crippen LogP contribution in [0.2, 0.25) is 0 Å². The molecule has 0 spiro atoms. The third-order valence-corrected chi connectivity index (χ3v) is 8.63. The van der Waals surface area contributed by atoms with Crippen LogP contribution in [0, 0.1) is 16.4 Å². The lowest BCUT2D eigenvalue weighted by atomic mass is 9.83. The van der Waals surface area contributed by atoms with Crippen LogP contribution in [-0.2, 0) is 16.0 Å². The number of halogens is 3. The number of hydrogen-bond acceptors (Lipinski definition) is 6. The zero-order valence-corrected chi connectivity index (χ0v) is 28.3. The van der Waals surface area contributed by atoms with E-state index in [1.54, 1.807) is 10.9 Å². The van der Waals surface area contributed by atoms with E-state index in [-0.39, 0.29) is 13.6 Å². The zero-order chi connectivity index (χ0) is 27.6. The Kier molecular flexibility index (Phi) is 9.74. The van der Waals surface area contributed by atoms with Crippen molar-refractivity contribution in [1.29, 1.82) is 0 Å². The van der Waals surface area contributed by atoms with Crippen molar-refractivity contribution < 1.29 is 19.0 Å². The molecule has 3 aromatic rings. The summed E-state index contributed by atoms with van der Waals surface area (Å²) in [5.41, 5.74) is 3.69. The molecule has 2 saturated heterocycles. The Hall–Kier alpha value is -1.01. The number of alkyl halides is 2. The van der Waals surface area contributed by atoms with Gasteiger partial charge in [-0.1, -0.05) is 6.07 Å². The number of rotatable bonds is 8. The molecule has 2 fully saturated rings. The molecule has 0 saturated carbocycles. The van der Waals surface area contributed by atoms with Gasteiger partial charge in [0.15, 0.2) is 2.12 Å². The predicted octanol–water partition coefficient (Wildman–Crippen LogP) is 6.55. The monoisotopic (exact) mass is 868 g/mol. The molecule has 0 aliphatic carbocycles. The molecule has 5 rings (SSSR count). The average Bonchev–Trinajstić information content (AvgIpc) is 3.52. The van der Waals surface area contributed by atoms with Gasteiger partial charge in [-0.05, 0) is 131 Å². The van der Waals surface area contributed by atoms with E-state index in [1.165, 1.54) is 0 Å². The normalized spacial score (nSPS) is 21.8. The first-order chi connectivity index (χ1) is 18.7. The number of aromatic nitrogens is 2. The van der Waals surface area contributed by atoms with Crippen molar-refractivity contribution in [3.63, 3.8) is 0 Å². The molecule has 0 radical (unpaired) electrons. The minimum Gasteiger partial charge on any atom is -0.470 e. The van der Waals surface area contributed by atoms with Gasteiger partial charge in [0.05, 0.1) is 29.2 Å². The minimum atomic E-state index is -0.216. The van der Waals surface area contributed by atoms with Crippen molar-refractivity contribution in [1.82, 2.24) is 14.7 Å². The number of ether oxygens (including phenoxy) is 3. The van der Waals surface area contributed by atoms with Crippen LogP contribution in [0.1, 0.15) is 41.4 Å². The van der Waals surface area contributed by atoms with Gasteiger partial charge in [0.25, 0.3) is 5.91 Å². The second-order valence-corrected chi connectivity index (χ2v) is 16.1. The lowest BCUT2D eigenvalue weighted by Gasteiger charge is -2.40. The summed E-state index contributed by atoms with van der Waals surface area (Å²) < 4.78 is 20.5. The van der Waals surface area contributed by atoms with Gasteiger partial charge in [0, 0.05) is 46.1 Å². The maximum absolute atomic E-state index is 13.2. The molecule has 0 bridgehead atoms. The van der Waals surface area contributed by atoms with Crippen LogP contribution in [0.5, 0.6) is 5.75 Å². The topological polar surface area (TPSA) is 77.9 Å². The third kappa shape index (κ3) is 7.26. The molecule has 11 heteroatoms. The molecule has 8 nitrogen and oxygen atoms in total. The van der Waals surface area contributed by atoms with Crippen molar-refractivity contribution >= 4 is 79.4 Å². The zero-order valence-electron chi connectivity index (χ0n) is 21.8. The Labute approximate surface area is 269 Å². The maximum Gasteiger partial charge on any atom is 0.259 e. The first-order valence-corrected chi connectivity index (χ1v) is 16.4. The van der Waals surface area contributed by atoms with Gasteiger partial charge in [0.2, 0.25) is 0 Å². The molecule has 0 unspecified atom stereocenters. The molecule has 2 atom stereocenters. The highest BCUT2D eigenvalue weighted by molar-refractivity contribution is 14.2. The van der Waals surface area contributed by atoms with Crippen molar-refractivity contribution in [2.24, 2.45) is 5.92 Å². The fourth-order valence-electron chi connectivity index (χ4n) is 5.21. The molecule has 1 amide bonds. The summed E-state index contributed by atoms with van der Waals surface area (Å²) in [6.07, 6.45) is 4.05. The molecule has 1 aromatic heterocycles. The molecular weight excluding hydrogens is 837 g/mol. The number of nitrogens with zero attached hydrogens (tertiary/aromatic N) is 3. The Bertz CT molecular complexity index is 1310. The lowest BCUT2D eigenvalue weighted by molar-refractivity contribution is -0.0541. The van der Waals surface area contributed by atoms with Crippen molar-refractivity contribution in [3.8, 4) is 11.4 Å². The van der Waals surface area contributed by atoms with Crippen LogP contribution in [-0.4, -0.2) is 54.8 Å². The van der Waals surface area contributed by atoms with Crippen LogP contribution >= 0.6 is 67.8 Å². The van der Waals surface area contributed by atoms with E-state index < -0.39 is 0 Å². The first-order valence-electron chi connectivity index (χ1n) is 12.9. The highest BCUT2D eigenvalue weighted by atomic mass is 127. The molecule has 39 heavy (non-hydrogen) atoms. The predicted molar refractivity (Wildman–Crippen MR) is 176 cm³/mol. The van der Waals surface area contributed by atoms with Gasteiger partial charge in [-0.3, -0.25) is 9.69 Å². The van der Waals surface area contributed by atoms with Gasteiger partial charge in [-0.25, -0.2) is 4.68 Å². The molecule has 3 heterocycles. The van der Waals surface area contributed by atoms with E-state index in [0.717, 1.165) is 53.0 Å². The molecule has 1 N–H and O–H groups in total. The van der Waals surface area contributed by atoms with Gasteiger partial charge in [-0.15, -0.1) is 0 Å². The quantitative estimate of drug-likeness (QED) is 0.205. The Morgan fingerprint density at radius 2 is 2.05 bits per heavy atom.